The Bertz CT molecular complexity index is 2930. The highest BCUT2D eigenvalue weighted by Gasteiger charge is 2.40. The lowest BCUT2D eigenvalue weighted by atomic mass is 9.83. The van der Waals surface area contributed by atoms with E-state index in [0.29, 0.717) is 71.7 Å². The zero-order valence-corrected chi connectivity index (χ0v) is 42.1. The van der Waals surface area contributed by atoms with Crippen molar-refractivity contribution in [3.05, 3.63) is 147 Å². The Balaban J connectivity index is 0.780. The normalized spacial score (nSPS) is 15.5. The molecule has 0 radical (unpaired) electrons. The molecular formula is C57H61N7O7S. The van der Waals surface area contributed by atoms with Gasteiger partial charge in [0.25, 0.3) is 0 Å². The maximum atomic E-state index is 14.2. The SMILES string of the molecule is CN[C@@H](C)C(=O)N[C@H](C(=O)N1CCC[C@H]1c1nc(C(=O)c2cccc(OCCOc3cccc(OCCOc4ccc(Cn5c(C)c(C#N)c(-c6ccc(C#N)cc6)c5C)cc4)c3)c2)cs1)C1CCCCC1. The quantitative estimate of drug-likeness (QED) is 0.0518. The van der Waals surface area contributed by atoms with E-state index in [4.69, 9.17) is 23.9 Å². The third kappa shape index (κ3) is 12.2. The maximum Gasteiger partial charge on any atom is 0.246 e. The summed E-state index contributed by atoms with van der Waals surface area (Å²) in [4.78, 5) is 47.6. The number of hydrogen-bond donors (Lipinski definition) is 2. The molecule has 1 aliphatic heterocycles. The summed E-state index contributed by atoms with van der Waals surface area (Å²) in [6.45, 7) is 8.09. The number of nitrogens with zero attached hydrogens (tertiary/aromatic N) is 5. The molecule has 2 aliphatic rings. The van der Waals surface area contributed by atoms with Crippen LogP contribution in [0.5, 0.6) is 23.0 Å². The lowest BCUT2D eigenvalue weighted by molar-refractivity contribution is -0.139. The topological polar surface area (TPSA) is 181 Å². The standard InChI is InChI=1S/C57H61N7O7S/c1-37(60-4)55(66)62-53(43-11-6-5-7-12-43)57(67)63-26-10-17-51(63)56-61-50(36-72-56)54(65)44-13-8-14-46(31-44)69-29-30-71-48-16-9-15-47(32-48)70-28-27-68-45-24-20-41(21-25-45)35-64-38(2)49(34-59)52(39(64)3)42-22-18-40(33-58)19-23-42/h8-9,13-16,18-25,31-32,36-37,43,51,53,60H,5-7,10-12,17,26-30,35H2,1-4H3,(H,62,66)/t37-,51-,53-/m0/s1. The number of nitrogens with one attached hydrogen (secondary N) is 2. The van der Waals surface area contributed by atoms with Gasteiger partial charge in [0.05, 0.1) is 29.3 Å². The molecule has 6 aromatic rings. The lowest BCUT2D eigenvalue weighted by Crippen LogP contribution is -2.55. The van der Waals surface area contributed by atoms with Crippen LogP contribution >= 0.6 is 11.3 Å². The van der Waals surface area contributed by atoms with Gasteiger partial charge in [0.2, 0.25) is 17.6 Å². The number of carbonyl (C=O) groups excluding carboxylic acids is 3. The number of likely N-dealkylation sites (tertiary alicyclic amines) is 1. The minimum Gasteiger partial charge on any atom is -0.490 e. The molecule has 0 bridgehead atoms. The molecule has 72 heavy (non-hydrogen) atoms. The Morgan fingerprint density at radius 3 is 2.04 bits per heavy atom. The van der Waals surface area contributed by atoms with E-state index in [0.717, 1.165) is 78.0 Å². The van der Waals surface area contributed by atoms with Crippen LogP contribution in [0.2, 0.25) is 0 Å². The third-order valence-corrected chi connectivity index (χ3v) is 14.6. The monoisotopic (exact) mass is 987 g/mol. The van der Waals surface area contributed by atoms with Crippen molar-refractivity contribution in [3.63, 3.8) is 0 Å². The molecule has 3 heterocycles. The Morgan fingerprint density at radius 1 is 0.764 bits per heavy atom. The largest absolute Gasteiger partial charge is 0.490 e. The molecule has 15 heteroatoms. The number of hydrogen-bond acceptors (Lipinski definition) is 12. The summed E-state index contributed by atoms with van der Waals surface area (Å²) in [6, 6.07) is 32.9. The highest BCUT2D eigenvalue weighted by atomic mass is 32.1. The van der Waals surface area contributed by atoms with E-state index in [1.807, 2.05) is 79.4 Å². The van der Waals surface area contributed by atoms with E-state index < -0.39 is 12.1 Å². The lowest BCUT2D eigenvalue weighted by Gasteiger charge is -2.35. The van der Waals surface area contributed by atoms with Gasteiger partial charge < -0.3 is 39.0 Å². The van der Waals surface area contributed by atoms with Gasteiger partial charge in [-0.2, -0.15) is 10.5 Å². The van der Waals surface area contributed by atoms with Gasteiger partial charge in [0, 0.05) is 47.1 Å². The van der Waals surface area contributed by atoms with Crippen molar-refractivity contribution in [1.82, 2.24) is 25.1 Å². The van der Waals surface area contributed by atoms with Crippen LogP contribution in [0, 0.1) is 42.4 Å². The summed E-state index contributed by atoms with van der Waals surface area (Å²) in [5, 5.41) is 27.8. The van der Waals surface area contributed by atoms with E-state index in [9.17, 15) is 24.9 Å². The number of ketones is 1. The number of likely N-dealkylation sites (N-methyl/N-ethyl adjacent to an activating group) is 1. The predicted molar refractivity (Wildman–Crippen MR) is 275 cm³/mol. The van der Waals surface area contributed by atoms with Crippen LogP contribution in [-0.4, -0.2) is 84.2 Å². The first kappa shape index (κ1) is 50.9. The molecular weight excluding hydrogens is 927 g/mol. The van der Waals surface area contributed by atoms with E-state index in [2.05, 4.69) is 27.3 Å². The fourth-order valence-electron chi connectivity index (χ4n) is 9.63. The average Bonchev–Trinajstić information content (AvgIpc) is 4.17. The molecule has 1 saturated heterocycles. The smallest absolute Gasteiger partial charge is 0.246 e. The molecule has 0 spiro atoms. The number of thiazole rings is 1. The van der Waals surface area contributed by atoms with Crippen molar-refractivity contribution in [2.45, 2.75) is 90.4 Å². The molecule has 372 valence electrons. The second kappa shape index (κ2) is 24.1. The van der Waals surface area contributed by atoms with Crippen molar-refractivity contribution >= 4 is 28.9 Å². The molecule has 3 atom stereocenters. The predicted octanol–water partition coefficient (Wildman–Crippen LogP) is 9.50. The second-order valence-electron chi connectivity index (χ2n) is 18.3. The number of ether oxygens (including phenoxy) is 4. The van der Waals surface area contributed by atoms with E-state index in [1.54, 1.807) is 55.7 Å². The van der Waals surface area contributed by atoms with Gasteiger partial charge in [-0.3, -0.25) is 14.4 Å². The van der Waals surface area contributed by atoms with Gasteiger partial charge >= 0.3 is 0 Å². The van der Waals surface area contributed by atoms with Crippen molar-refractivity contribution in [2.75, 3.05) is 40.0 Å². The van der Waals surface area contributed by atoms with Crippen LogP contribution < -0.4 is 29.6 Å². The van der Waals surface area contributed by atoms with Crippen molar-refractivity contribution in [3.8, 4) is 46.3 Å². The van der Waals surface area contributed by atoms with E-state index in [-0.39, 0.29) is 42.8 Å². The number of carbonyl (C=O) groups is 3. The molecule has 0 unspecified atom stereocenters. The maximum absolute atomic E-state index is 14.2. The van der Waals surface area contributed by atoms with Crippen LogP contribution in [0.25, 0.3) is 11.1 Å². The van der Waals surface area contributed by atoms with Crippen LogP contribution in [0.15, 0.2) is 102 Å². The molecule has 2 N–H and O–H groups in total. The summed E-state index contributed by atoms with van der Waals surface area (Å²) in [5.41, 5.74) is 6.71. The summed E-state index contributed by atoms with van der Waals surface area (Å²) < 4.78 is 26.1. The van der Waals surface area contributed by atoms with Gasteiger partial charge in [-0.25, -0.2) is 4.98 Å². The van der Waals surface area contributed by atoms with Gasteiger partial charge in [0.1, 0.15) is 72.2 Å². The number of rotatable bonds is 21. The van der Waals surface area contributed by atoms with Crippen molar-refractivity contribution in [2.24, 2.45) is 5.92 Å². The highest BCUT2D eigenvalue weighted by Crippen LogP contribution is 2.37. The first-order valence-electron chi connectivity index (χ1n) is 24.7. The number of amides is 2. The zero-order chi connectivity index (χ0) is 50.6. The molecule has 14 nitrogen and oxygen atoms in total. The van der Waals surface area contributed by atoms with E-state index in [1.165, 1.54) is 11.3 Å². The molecule has 8 rings (SSSR count). The van der Waals surface area contributed by atoms with E-state index >= 15 is 0 Å². The first-order valence-corrected chi connectivity index (χ1v) is 25.6. The number of nitriles is 2. The van der Waals surface area contributed by atoms with Gasteiger partial charge in [0.15, 0.2) is 0 Å². The Labute approximate surface area is 425 Å². The summed E-state index contributed by atoms with van der Waals surface area (Å²) >= 11 is 1.39. The van der Waals surface area contributed by atoms with Crippen molar-refractivity contribution < 1.29 is 33.3 Å². The van der Waals surface area contributed by atoms with Crippen LogP contribution in [0.4, 0.5) is 0 Å². The van der Waals surface area contributed by atoms with Crippen LogP contribution in [0.3, 0.4) is 0 Å². The number of benzene rings is 4. The highest BCUT2D eigenvalue weighted by molar-refractivity contribution is 7.10. The van der Waals surface area contributed by atoms with Crippen LogP contribution in [0.1, 0.15) is 107 Å². The molecule has 1 saturated carbocycles. The minimum atomic E-state index is -0.588. The third-order valence-electron chi connectivity index (χ3n) is 13.7. The van der Waals surface area contributed by atoms with Gasteiger partial charge in [-0.05, 0) is 119 Å². The number of aromatic nitrogens is 2. The summed E-state index contributed by atoms with van der Waals surface area (Å²) in [6.07, 6.45) is 6.63. The second-order valence-corrected chi connectivity index (χ2v) is 19.2. The minimum absolute atomic E-state index is 0.0637. The average molecular weight is 988 g/mol. The Hall–Kier alpha value is -7.46. The first-order chi connectivity index (χ1) is 35.0. The molecule has 2 amide bonds. The summed E-state index contributed by atoms with van der Waals surface area (Å²) in [5.74, 6) is 2.11. The fraction of sp³-hybridized carbons (Fsp3) is 0.368. The van der Waals surface area contributed by atoms with Crippen molar-refractivity contribution in [1.29, 1.82) is 10.5 Å². The van der Waals surface area contributed by atoms with Crippen LogP contribution in [-0.2, 0) is 16.1 Å². The summed E-state index contributed by atoms with van der Waals surface area (Å²) in [7, 11) is 1.74. The molecule has 2 fully saturated rings. The molecule has 4 aromatic carbocycles. The zero-order valence-electron chi connectivity index (χ0n) is 41.3. The van der Waals surface area contributed by atoms with Gasteiger partial charge in [-0.1, -0.05) is 61.7 Å². The Morgan fingerprint density at radius 2 is 1.40 bits per heavy atom. The molecule has 2 aromatic heterocycles. The fourth-order valence-corrected chi connectivity index (χ4v) is 10.6. The Kier molecular flexibility index (Phi) is 17.0. The van der Waals surface area contributed by atoms with Gasteiger partial charge in [-0.15, -0.1) is 11.3 Å². The molecule has 1 aliphatic carbocycles.